The number of rotatable bonds is 7. The molecule has 0 spiro atoms. The van der Waals surface area contributed by atoms with Crippen LogP contribution in [0.15, 0.2) is 12.1 Å². The van der Waals surface area contributed by atoms with Gasteiger partial charge >= 0.3 is 5.97 Å². The normalized spacial score (nSPS) is 20.6. The SMILES string of the molecule is COc1cc(C)cc2c1C(=O)C[C@@](C)([C@H](CCC(=O)O)O[Si](C)(C)C(C)(C)C)O2. The molecule has 162 valence electrons. The van der Waals surface area contributed by atoms with E-state index in [4.69, 9.17) is 13.9 Å². The molecule has 29 heavy (non-hydrogen) atoms. The molecule has 2 atom stereocenters. The number of carboxylic acid groups (broad SMARTS) is 1. The van der Waals surface area contributed by atoms with Crippen molar-refractivity contribution in [3.63, 3.8) is 0 Å². The first-order chi connectivity index (χ1) is 13.2. The molecule has 1 aliphatic heterocycles. The second-order valence-electron chi connectivity index (χ2n) is 9.65. The van der Waals surface area contributed by atoms with E-state index in [2.05, 4.69) is 33.9 Å². The Kier molecular flexibility index (Phi) is 6.55. The smallest absolute Gasteiger partial charge is 0.303 e. The minimum atomic E-state index is -2.22. The van der Waals surface area contributed by atoms with Crippen LogP contribution in [-0.4, -0.2) is 44.0 Å². The summed E-state index contributed by atoms with van der Waals surface area (Å²) in [7, 11) is -0.688. The fourth-order valence-corrected chi connectivity index (χ4v) is 4.82. The third kappa shape index (κ3) is 5.01. The van der Waals surface area contributed by atoms with E-state index in [1.165, 1.54) is 7.11 Å². The summed E-state index contributed by atoms with van der Waals surface area (Å²) < 4.78 is 18.4. The largest absolute Gasteiger partial charge is 0.496 e. The van der Waals surface area contributed by atoms with Gasteiger partial charge in [-0.3, -0.25) is 9.59 Å². The summed E-state index contributed by atoms with van der Waals surface area (Å²) in [5.41, 5.74) is 0.415. The average Bonchev–Trinajstić information content (AvgIpc) is 2.55. The van der Waals surface area contributed by atoms with Crippen LogP contribution in [0.1, 0.15) is 62.9 Å². The third-order valence-corrected chi connectivity index (χ3v) is 10.6. The number of ketones is 1. The Hall–Kier alpha value is -1.86. The summed E-state index contributed by atoms with van der Waals surface area (Å²) in [4.78, 5) is 24.4. The van der Waals surface area contributed by atoms with Crippen molar-refractivity contribution in [2.24, 2.45) is 0 Å². The van der Waals surface area contributed by atoms with Crippen LogP contribution < -0.4 is 9.47 Å². The maximum absolute atomic E-state index is 13.1. The summed E-state index contributed by atoms with van der Waals surface area (Å²) in [5, 5.41) is 9.19. The highest BCUT2D eigenvalue weighted by Crippen LogP contribution is 2.45. The molecule has 0 radical (unpaired) electrons. The van der Waals surface area contributed by atoms with Crippen molar-refractivity contribution in [2.45, 2.75) is 83.7 Å². The van der Waals surface area contributed by atoms with E-state index in [1.807, 2.05) is 26.0 Å². The maximum Gasteiger partial charge on any atom is 0.303 e. The predicted octanol–water partition coefficient (Wildman–Crippen LogP) is 4.98. The van der Waals surface area contributed by atoms with Crippen molar-refractivity contribution in [3.8, 4) is 11.5 Å². The van der Waals surface area contributed by atoms with Crippen LogP contribution in [0.25, 0.3) is 0 Å². The van der Waals surface area contributed by atoms with Gasteiger partial charge in [-0.25, -0.2) is 0 Å². The molecule has 1 aromatic rings. The molecule has 0 fully saturated rings. The zero-order valence-electron chi connectivity index (χ0n) is 18.8. The standard InChI is InChI=1S/C22H34O6Si/c1-14-11-16(26-6)20-15(23)13-22(5,27-17(20)12-14)18(9-10-19(24)25)28-29(7,8)21(2,3)4/h11-12,18H,9-10,13H2,1-8H3,(H,24,25)/t18-,22-/m0/s1. The number of carbonyl (C=O) groups is 2. The molecule has 0 bridgehead atoms. The lowest BCUT2D eigenvalue weighted by atomic mass is 9.84. The molecule has 0 aliphatic carbocycles. The number of carbonyl (C=O) groups excluding carboxylic acids is 1. The number of ether oxygens (including phenoxy) is 2. The summed E-state index contributed by atoms with van der Waals surface area (Å²) in [6, 6.07) is 3.64. The van der Waals surface area contributed by atoms with Crippen LogP contribution in [0.3, 0.4) is 0 Å². The Morgan fingerprint density at radius 2 is 1.97 bits per heavy atom. The molecule has 1 aromatic carbocycles. The Bertz CT molecular complexity index is 795. The molecule has 1 heterocycles. The van der Waals surface area contributed by atoms with E-state index in [0.29, 0.717) is 17.1 Å². The number of fused-ring (bicyclic) bond motifs is 1. The van der Waals surface area contributed by atoms with E-state index in [0.717, 1.165) is 5.56 Å². The topological polar surface area (TPSA) is 82.1 Å². The van der Waals surface area contributed by atoms with Gasteiger partial charge in [0, 0.05) is 6.42 Å². The van der Waals surface area contributed by atoms with E-state index >= 15 is 0 Å². The summed E-state index contributed by atoms with van der Waals surface area (Å²) >= 11 is 0. The van der Waals surface area contributed by atoms with Gasteiger partial charge in [-0.15, -0.1) is 0 Å². The molecule has 6 nitrogen and oxygen atoms in total. The van der Waals surface area contributed by atoms with E-state index in [1.54, 1.807) is 0 Å². The molecule has 0 aromatic heterocycles. The van der Waals surface area contributed by atoms with Crippen LogP contribution in [0.5, 0.6) is 11.5 Å². The van der Waals surface area contributed by atoms with E-state index in [9.17, 15) is 14.7 Å². The number of benzene rings is 1. The minimum Gasteiger partial charge on any atom is -0.496 e. The molecule has 2 rings (SSSR count). The second-order valence-corrected chi connectivity index (χ2v) is 14.4. The van der Waals surface area contributed by atoms with Gasteiger partial charge in [0.1, 0.15) is 22.7 Å². The summed E-state index contributed by atoms with van der Waals surface area (Å²) in [5.74, 6) is 0.00134. The van der Waals surface area contributed by atoms with Crippen LogP contribution in [0.2, 0.25) is 18.1 Å². The van der Waals surface area contributed by atoms with Crippen molar-refractivity contribution in [1.82, 2.24) is 0 Å². The molecule has 0 amide bonds. The number of hydrogen-bond donors (Lipinski definition) is 1. The number of aliphatic carboxylic acids is 1. The molecular formula is C22H34O6Si. The van der Waals surface area contributed by atoms with E-state index in [-0.39, 0.29) is 30.1 Å². The molecule has 1 aliphatic rings. The van der Waals surface area contributed by atoms with Crippen LogP contribution in [0, 0.1) is 6.92 Å². The van der Waals surface area contributed by atoms with Crippen molar-refractivity contribution >= 4 is 20.1 Å². The lowest BCUT2D eigenvalue weighted by Gasteiger charge is -2.46. The van der Waals surface area contributed by atoms with E-state index < -0.39 is 26.0 Å². The van der Waals surface area contributed by atoms with Crippen molar-refractivity contribution in [3.05, 3.63) is 23.3 Å². The van der Waals surface area contributed by atoms with Crippen LogP contribution >= 0.6 is 0 Å². The molecule has 0 saturated carbocycles. The number of Topliss-reactive ketones (excluding diaryl/α,β-unsaturated/α-hetero) is 1. The Morgan fingerprint density at radius 1 is 1.34 bits per heavy atom. The van der Waals surface area contributed by atoms with Gasteiger partial charge in [-0.2, -0.15) is 0 Å². The first-order valence-corrected chi connectivity index (χ1v) is 12.9. The van der Waals surface area contributed by atoms with Crippen LogP contribution in [-0.2, 0) is 9.22 Å². The zero-order valence-corrected chi connectivity index (χ0v) is 19.8. The Morgan fingerprint density at radius 3 is 2.48 bits per heavy atom. The van der Waals surface area contributed by atoms with Crippen molar-refractivity contribution in [1.29, 1.82) is 0 Å². The fourth-order valence-electron chi connectivity index (χ4n) is 3.39. The van der Waals surface area contributed by atoms with Crippen molar-refractivity contribution in [2.75, 3.05) is 7.11 Å². The quantitative estimate of drug-likeness (QED) is 0.624. The summed E-state index contributed by atoms with van der Waals surface area (Å²) in [6.07, 6.45) is -0.165. The van der Waals surface area contributed by atoms with Gasteiger partial charge in [0.25, 0.3) is 0 Å². The summed E-state index contributed by atoms with van der Waals surface area (Å²) in [6.45, 7) is 14.4. The second kappa shape index (κ2) is 8.11. The highest BCUT2D eigenvalue weighted by molar-refractivity contribution is 6.74. The third-order valence-electron chi connectivity index (χ3n) is 6.11. The van der Waals surface area contributed by atoms with Gasteiger partial charge < -0.3 is 19.0 Å². The lowest BCUT2D eigenvalue weighted by molar-refractivity contribution is -0.138. The Balaban J connectivity index is 2.46. The minimum absolute atomic E-state index is 0.0452. The number of methoxy groups -OCH3 is 1. The van der Waals surface area contributed by atoms with Crippen molar-refractivity contribution < 1.29 is 28.6 Å². The van der Waals surface area contributed by atoms with Gasteiger partial charge in [0.15, 0.2) is 14.1 Å². The first kappa shape index (κ1) is 23.4. The molecule has 0 unspecified atom stereocenters. The maximum atomic E-state index is 13.1. The zero-order chi connectivity index (χ0) is 22.2. The van der Waals surface area contributed by atoms with Gasteiger partial charge in [0.2, 0.25) is 0 Å². The number of carboxylic acids is 1. The average molecular weight is 423 g/mol. The molecule has 0 saturated heterocycles. The van der Waals surface area contributed by atoms with Gasteiger partial charge in [-0.05, 0) is 56.1 Å². The lowest BCUT2D eigenvalue weighted by Crippen LogP contribution is -2.56. The first-order valence-electron chi connectivity index (χ1n) is 10.0. The molecule has 1 N–H and O–H groups in total. The molecule has 7 heteroatoms. The van der Waals surface area contributed by atoms with Crippen LogP contribution in [0.4, 0.5) is 0 Å². The van der Waals surface area contributed by atoms with Gasteiger partial charge in [-0.1, -0.05) is 20.8 Å². The molecular weight excluding hydrogens is 388 g/mol. The highest BCUT2D eigenvalue weighted by atomic mass is 28.4. The van der Waals surface area contributed by atoms with Gasteiger partial charge in [0.05, 0.1) is 19.6 Å². The fraction of sp³-hybridized carbons (Fsp3) is 0.636. The Labute approximate surface area is 174 Å². The number of aryl methyl sites for hydroxylation is 1. The monoisotopic (exact) mass is 422 g/mol. The highest BCUT2D eigenvalue weighted by Gasteiger charge is 2.49. The number of hydrogen-bond acceptors (Lipinski definition) is 5. The predicted molar refractivity (Wildman–Crippen MR) is 115 cm³/mol.